The fraction of sp³-hybridized carbons (Fsp3) is 0.588. The van der Waals surface area contributed by atoms with Gasteiger partial charge in [-0.2, -0.15) is 0 Å². The van der Waals surface area contributed by atoms with Crippen LogP contribution in [0.1, 0.15) is 44.6 Å². The number of hydrogen-bond acceptors (Lipinski definition) is 2. The average Bonchev–Trinajstić information content (AvgIpc) is 2.50. The Bertz CT molecular complexity index is 436. The van der Waals surface area contributed by atoms with Gasteiger partial charge in [0.05, 0.1) is 5.92 Å². The monoisotopic (exact) mass is 274 g/mol. The Hall–Kier alpha value is -1.35. The third-order valence-corrected chi connectivity index (χ3v) is 4.87. The van der Waals surface area contributed by atoms with E-state index in [0.29, 0.717) is 12.0 Å². The molecule has 20 heavy (non-hydrogen) atoms. The first-order valence-electron chi connectivity index (χ1n) is 7.63. The fourth-order valence-electron chi connectivity index (χ4n) is 2.91. The molecule has 0 aromatic heterocycles. The normalized spacial score (nSPS) is 19.6. The van der Waals surface area contributed by atoms with Gasteiger partial charge in [0.1, 0.15) is 0 Å². The van der Waals surface area contributed by atoms with Crippen LogP contribution in [0.4, 0.5) is 0 Å². The molecule has 1 heterocycles. The first-order valence-corrected chi connectivity index (χ1v) is 7.63. The van der Waals surface area contributed by atoms with Crippen molar-refractivity contribution in [3.05, 3.63) is 35.9 Å². The van der Waals surface area contributed by atoms with Crippen LogP contribution >= 0.6 is 0 Å². The van der Waals surface area contributed by atoms with E-state index in [4.69, 9.17) is 5.73 Å². The van der Waals surface area contributed by atoms with Crippen molar-refractivity contribution < 1.29 is 4.79 Å². The van der Waals surface area contributed by atoms with Crippen molar-refractivity contribution in [1.29, 1.82) is 0 Å². The van der Waals surface area contributed by atoms with Crippen LogP contribution in [0.15, 0.2) is 30.3 Å². The molecule has 0 bridgehead atoms. The molecule has 1 saturated heterocycles. The summed E-state index contributed by atoms with van der Waals surface area (Å²) in [5, 5.41) is 0. The van der Waals surface area contributed by atoms with E-state index in [1.165, 1.54) is 6.42 Å². The molecule has 1 aliphatic heterocycles. The van der Waals surface area contributed by atoms with Gasteiger partial charge in [-0.3, -0.25) is 4.79 Å². The van der Waals surface area contributed by atoms with Crippen molar-refractivity contribution in [3.8, 4) is 0 Å². The number of hydrogen-bond donors (Lipinski definition) is 1. The molecule has 1 atom stereocenters. The quantitative estimate of drug-likeness (QED) is 0.917. The zero-order valence-corrected chi connectivity index (χ0v) is 12.6. The van der Waals surface area contributed by atoms with Crippen molar-refractivity contribution in [1.82, 2.24) is 4.90 Å². The fourth-order valence-corrected chi connectivity index (χ4v) is 2.91. The molecule has 0 spiro atoms. The molecular formula is C17H26N2O. The molecule has 1 aromatic rings. The maximum Gasteiger partial charge on any atom is 0.231 e. The highest BCUT2D eigenvalue weighted by Gasteiger charge is 2.32. The lowest BCUT2D eigenvalue weighted by atomic mass is 9.78. The maximum absolute atomic E-state index is 12.7. The van der Waals surface area contributed by atoms with Gasteiger partial charge in [-0.25, -0.2) is 0 Å². The molecule has 3 heteroatoms. The molecule has 2 rings (SSSR count). The van der Waals surface area contributed by atoms with E-state index >= 15 is 0 Å². The standard InChI is InChI=1S/C17H26N2O/c1-3-17(2)9-11-19(12-10-17)16(20)15(13-18)14-7-5-4-6-8-14/h4-8,15H,3,9-13,18H2,1-2H3. The van der Waals surface area contributed by atoms with Gasteiger partial charge < -0.3 is 10.6 Å². The molecule has 1 amide bonds. The van der Waals surface area contributed by atoms with Gasteiger partial charge >= 0.3 is 0 Å². The molecular weight excluding hydrogens is 248 g/mol. The summed E-state index contributed by atoms with van der Waals surface area (Å²) in [4.78, 5) is 14.7. The summed E-state index contributed by atoms with van der Waals surface area (Å²) >= 11 is 0. The number of rotatable bonds is 4. The second kappa shape index (κ2) is 6.40. The van der Waals surface area contributed by atoms with Crippen LogP contribution in [0.3, 0.4) is 0 Å². The van der Waals surface area contributed by atoms with Gasteiger partial charge in [-0.1, -0.05) is 50.6 Å². The summed E-state index contributed by atoms with van der Waals surface area (Å²) in [7, 11) is 0. The Morgan fingerprint density at radius 3 is 2.40 bits per heavy atom. The molecule has 0 saturated carbocycles. The van der Waals surface area contributed by atoms with E-state index in [2.05, 4.69) is 13.8 Å². The highest BCUT2D eigenvalue weighted by atomic mass is 16.2. The first kappa shape index (κ1) is 15.0. The van der Waals surface area contributed by atoms with Crippen LogP contribution in [0.2, 0.25) is 0 Å². The number of piperidine rings is 1. The second-order valence-electron chi connectivity index (χ2n) is 6.19. The van der Waals surface area contributed by atoms with Crippen LogP contribution in [0.25, 0.3) is 0 Å². The number of carbonyl (C=O) groups excluding carboxylic acids is 1. The van der Waals surface area contributed by atoms with Gasteiger partial charge in [0.2, 0.25) is 5.91 Å². The Kier molecular flexibility index (Phi) is 4.81. The topological polar surface area (TPSA) is 46.3 Å². The number of amides is 1. The number of likely N-dealkylation sites (tertiary alicyclic amines) is 1. The van der Waals surface area contributed by atoms with Gasteiger partial charge in [-0.15, -0.1) is 0 Å². The van der Waals surface area contributed by atoms with Gasteiger partial charge in [0, 0.05) is 19.6 Å². The summed E-state index contributed by atoms with van der Waals surface area (Å²) in [5.41, 5.74) is 7.28. The smallest absolute Gasteiger partial charge is 0.231 e. The summed E-state index contributed by atoms with van der Waals surface area (Å²) in [6.07, 6.45) is 3.39. The lowest BCUT2D eigenvalue weighted by Gasteiger charge is -2.40. The van der Waals surface area contributed by atoms with E-state index < -0.39 is 0 Å². The SMILES string of the molecule is CCC1(C)CCN(C(=O)C(CN)c2ccccc2)CC1. The number of nitrogens with zero attached hydrogens (tertiary/aromatic N) is 1. The lowest BCUT2D eigenvalue weighted by molar-refractivity contribution is -0.134. The van der Waals surface area contributed by atoms with E-state index in [9.17, 15) is 4.79 Å². The van der Waals surface area contributed by atoms with Crippen LogP contribution in [-0.4, -0.2) is 30.4 Å². The van der Waals surface area contributed by atoms with Crippen molar-refractivity contribution >= 4 is 5.91 Å². The van der Waals surface area contributed by atoms with E-state index in [0.717, 1.165) is 31.5 Å². The highest BCUT2D eigenvalue weighted by Crippen LogP contribution is 2.34. The average molecular weight is 274 g/mol. The van der Waals surface area contributed by atoms with Crippen molar-refractivity contribution in [2.45, 2.75) is 39.0 Å². The Labute approximate surface area is 122 Å². The Balaban J connectivity index is 2.04. The van der Waals surface area contributed by atoms with E-state index in [1.807, 2.05) is 35.2 Å². The summed E-state index contributed by atoms with van der Waals surface area (Å²) in [6.45, 7) is 6.68. The van der Waals surface area contributed by atoms with Gasteiger partial charge in [-0.05, 0) is 23.8 Å². The molecule has 110 valence electrons. The molecule has 1 unspecified atom stereocenters. The predicted octanol–water partition coefficient (Wildman–Crippen LogP) is 2.77. The van der Waals surface area contributed by atoms with Crippen LogP contribution in [-0.2, 0) is 4.79 Å². The van der Waals surface area contributed by atoms with E-state index in [-0.39, 0.29) is 11.8 Å². The minimum absolute atomic E-state index is 0.192. The first-order chi connectivity index (χ1) is 9.59. The molecule has 2 N–H and O–H groups in total. The molecule has 0 radical (unpaired) electrons. The van der Waals surface area contributed by atoms with Gasteiger partial charge in [0.25, 0.3) is 0 Å². The molecule has 3 nitrogen and oxygen atoms in total. The summed E-state index contributed by atoms with van der Waals surface area (Å²) in [6, 6.07) is 9.89. The minimum atomic E-state index is -0.192. The number of benzene rings is 1. The maximum atomic E-state index is 12.7. The predicted molar refractivity (Wildman–Crippen MR) is 82.4 cm³/mol. The van der Waals surface area contributed by atoms with Gasteiger partial charge in [0.15, 0.2) is 0 Å². The number of carbonyl (C=O) groups is 1. The van der Waals surface area contributed by atoms with E-state index in [1.54, 1.807) is 0 Å². The minimum Gasteiger partial charge on any atom is -0.342 e. The zero-order valence-electron chi connectivity index (χ0n) is 12.6. The largest absolute Gasteiger partial charge is 0.342 e. The van der Waals surface area contributed by atoms with Crippen LogP contribution in [0, 0.1) is 5.41 Å². The molecule has 1 aromatic carbocycles. The van der Waals surface area contributed by atoms with Crippen molar-refractivity contribution in [2.24, 2.45) is 11.1 Å². The Morgan fingerprint density at radius 1 is 1.30 bits per heavy atom. The van der Waals surface area contributed by atoms with Crippen molar-refractivity contribution in [2.75, 3.05) is 19.6 Å². The summed E-state index contributed by atoms with van der Waals surface area (Å²) < 4.78 is 0. The third-order valence-electron chi connectivity index (χ3n) is 4.87. The highest BCUT2D eigenvalue weighted by molar-refractivity contribution is 5.84. The number of nitrogens with two attached hydrogens (primary N) is 1. The summed E-state index contributed by atoms with van der Waals surface area (Å²) in [5.74, 6) is -0.000893. The molecule has 0 aliphatic carbocycles. The Morgan fingerprint density at radius 2 is 1.90 bits per heavy atom. The van der Waals surface area contributed by atoms with Crippen LogP contribution < -0.4 is 5.73 Å². The third kappa shape index (κ3) is 3.21. The van der Waals surface area contributed by atoms with Crippen molar-refractivity contribution in [3.63, 3.8) is 0 Å². The lowest BCUT2D eigenvalue weighted by Crippen LogP contribution is -2.45. The molecule has 1 fully saturated rings. The molecule has 1 aliphatic rings. The van der Waals surface area contributed by atoms with Crippen LogP contribution in [0.5, 0.6) is 0 Å². The zero-order chi connectivity index (χ0) is 14.6. The second-order valence-corrected chi connectivity index (χ2v) is 6.19.